The number of carbonyl (C=O) groups is 2. The number of esters is 1. The number of carbonyl (C=O) groups excluding carboxylic acids is 1. The number of hydrogen-bond acceptors (Lipinski definition) is 3. The molecule has 4 heteroatoms. The maximum absolute atomic E-state index is 10.6. The molecule has 108 valence electrons. The fourth-order valence-electron chi connectivity index (χ4n) is 1.55. The molecule has 0 aliphatic carbocycles. The van der Waals surface area contributed by atoms with E-state index in [1.807, 2.05) is 42.5 Å². The lowest BCUT2D eigenvalue weighted by Gasteiger charge is -2.01. The molecule has 4 nitrogen and oxygen atoms in total. The molecule has 0 aromatic heterocycles. The van der Waals surface area contributed by atoms with Crippen molar-refractivity contribution in [3.05, 3.63) is 73.0 Å². The second-order valence-electron chi connectivity index (χ2n) is 4.02. The molecule has 0 aliphatic rings. The van der Waals surface area contributed by atoms with Crippen LogP contribution >= 0.6 is 0 Å². The highest BCUT2D eigenvalue weighted by atomic mass is 16.5. The van der Waals surface area contributed by atoms with E-state index in [4.69, 9.17) is 5.11 Å². The summed E-state index contributed by atoms with van der Waals surface area (Å²) >= 11 is 0. The van der Waals surface area contributed by atoms with Crippen LogP contribution in [0, 0.1) is 0 Å². The first-order valence-electron chi connectivity index (χ1n) is 6.21. The summed E-state index contributed by atoms with van der Waals surface area (Å²) < 4.78 is 4.17. The summed E-state index contributed by atoms with van der Waals surface area (Å²) in [6.45, 7) is 4.48. The normalized spacial score (nSPS) is 9.00. The van der Waals surface area contributed by atoms with Crippen molar-refractivity contribution in [2.45, 2.75) is 6.92 Å². The van der Waals surface area contributed by atoms with Crippen LogP contribution in [0.25, 0.3) is 11.1 Å². The van der Waals surface area contributed by atoms with Crippen molar-refractivity contribution >= 4 is 11.9 Å². The highest BCUT2D eigenvalue weighted by Crippen LogP contribution is 2.18. The Kier molecular flexibility index (Phi) is 6.41. The van der Waals surface area contributed by atoms with Gasteiger partial charge in [0.25, 0.3) is 0 Å². The van der Waals surface area contributed by atoms with Gasteiger partial charge in [0.1, 0.15) is 0 Å². The third-order valence-electron chi connectivity index (χ3n) is 2.49. The van der Waals surface area contributed by atoms with E-state index in [0.717, 1.165) is 17.4 Å². The van der Waals surface area contributed by atoms with Gasteiger partial charge in [0.2, 0.25) is 0 Å². The Bertz CT molecular complexity index is 600. The lowest BCUT2D eigenvalue weighted by molar-refractivity contribution is -0.135. The summed E-state index contributed by atoms with van der Waals surface area (Å²) in [7, 11) is 0. The van der Waals surface area contributed by atoms with E-state index in [-0.39, 0.29) is 5.97 Å². The van der Waals surface area contributed by atoms with Crippen LogP contribution in [0.15, 0.2) is 67.4 Å². The molecule has 2 aromatic carbocycles. The lowest BCUT2D eigenvalue weighted by atomic mass is 10.0. The molecule has 0 saturated heterocycles. The predicted molar refractivity (Wildman–Crippen MR) is 80.8 cm³/mol. The average Bonchev–Trinajstić information content (AvgIpc) is 2.49. The quantitative estimate of drug-likeness (QED) is 0.688. The molecule has 0 spiro atoms. The highest BCUT2D eigenvalue weighted by Gasteiger charge is 2.02. The molecular formula is C17H16O4. The topological polar surface area (TPSA) is 63.6 Å². The van der Waals surface area contributed by atoms with Crippen molar-refractivity contribution < 1.29 is 19.4 Å². The van der Waals surface area contributed by atoms with Gasteiger partial charge in [0, 0.05) is 6.92 Å². The first-order chi connectivity index (χ1) is 10.0. The zero-order valence-corrected chi connectivity index (χ0v) is 11.7. The van der Waals surface area contributed by atoms with Crippen molar-refractivity contribution in [1.29, 1.82) is 0 Å². The molecule has 0 fully saturated rings. The van der Waals surface area contributed by atoms with Crippen LogP contribution in [0.1, 0.15) is 17.3 Å². The summed E-state index contributed by atoms with van der Waals surface area (Å²) in [4.78, 5) is 20.4. The first kappa shape index (κ1) is 16.2. The second-order valence-corrected chi connectivity index (χ2v) is 4.02. The first-order valence-corrected chi connectivity index (χ1v) is 6.21. The fourth-order valence-corrected chi connectivity index (χ4v) is 1.55. The van der Waals surface area contributed by atoms with Crippen LogP contribution in [0.3, 0.4) is 0 Å². The maximum Gasteiger partial charge on any atom is 0.335 e. The molecular weight excluding hydrogens is 268 g/mol. The number of carboxylic acids is 1. The standard InChI is InChI=1S/C13H10O2.C4H6O2/c14-13(15)12-8-6-11(7-9-12)10-4-2-1-3-5-10;1-3-6-4(2)5/h1-9H,(H,14,15);3H,1H2,2H3. The van der Waals surface area contributed by atoms with Gasteiger partial charge in [-0.05, 0) is 23.3 Å². The van der Waals surface area contributed by atoms with Crippen LogP contribution in [-0.2, 0) is 9.53 Å². The van der Waals surface area contributed by atoms with Crippen LogP contribution in [0.4, 0.5) is 0 Å². The Morgan fingerprint density at radius 1 is 1.00 bits per heavy atom. The number of ether oxygens (including phenoxy) is 1. The zero-order chi connectivity index (χ0) is 15.7. The molecule has 0 aliphatic heterocycles. The average molecular weight is 284 g/mol. The van der Waals surface area contributed by atoms with Crippen molar-refractivity contribution in [2.75, 3.05) is 0 Å². The van der Waals surface area contributed by atoms with E-state index >= 15 is 0 Å². The Labute approximate surface area is 123 Å². The summed E-state index contributed by atoms with van der Waals surface area (Å²) in [6.07, 6.45) is 1.10. The Hall–Kier alpha value is -2.88. The van der Waals surface area contributed by atoms with Gasteiger partial charge in [0.15, 0.2) is 0 Å². The molecule has 0 amide bonds. The minimum absolute atomic E-state index is 0.315. The van der Waals surface area contributed by atoms with Crippen LogP contribution < -0.4 is 0 Å². The van der Waals surface area contributed by atoms with Crippen molar-refractivity contribution in [2.24, 2.45) is 0 Å². The molecule has 0 atom stereocenters. The van der Waals surface area contributed by atoms with Gasteiger partial charge in [-0.15, -0.1) is 0 Å². The van der Waals surface area contributed by atoms with Crippen molar-refractivity contribution in [1.82, 2.24) is 0 Å². The van der Waals surface area contributed by atoms with E-state index in [1.54, 1.807) is 12.1 Å². The zero-order valence-electron chi connectivity index (χ0n) is 11.7. The summed E-state index contributed by atoms with van der Waals surface area (Å²) in [5.41, 5.74) is 2.43. The largest absolute Gasteiger partial charge is 0.478 e. The summed E-state index contributed by atoms with van der Waals surface area (Å²) in [5.74, 6) is -1.22. The minimum atomic E-state index is -0.894. The van der Waals surface area contributed by atoms with Gasteiger partial charge >= 0.3 is 11.9 Å². The third-order valence-corrected chi connectivity index (χ3v) is 2.49. The molecule has 0 unspecified atom stereocenters. The molecule has 0 radical (unpaired) electrons. The molecule has 0 heterocycles. The molecule has 0 bridgehead atoms. The van der Waals surface area contributed by atoms with E-state index < -0.39 is 5.97 Å². The molecule has 1 N–H and O–H groups in total. The van der Waals surface area contributed by atoms with Gasteiger partial charge in [-0.2, -0.15) is 0 Å². The maximum atomic E-state index is 10.6. The van der Waals surface area contributed by atoms with E-state index in [1.165, 1.54) is 6.92 Å². The van der Waals surface area contributed by atoms with Crippen molar-refractivity contribution in [3.63, 3.8) is 0 Å². The molecule has 21 heavy (non-hydrogen) atoms. The van der Waals surface area contributed by atoms with Gasteiger partial charge in [-0.3, -0.25) is 4.79 Å². The van der Waals surface area contributed by atoms with Gasteiger partial charge < -0.3 is 9.84 Å². The summed E-state index contributed by atoms with van der Waals surface area (Å²) in [5, 5.41) is 8.75. The number of benzene rings is 2. The minimum Gasteiger partial charge on any atom is -0.478 e. The Morgan fingerprint density at radius 3 is 1.90 bits per heavy atom. The Morgan fingerprint density at radius 2 is 1.52 bits per heavy atom. The number of rotatable bonds is 3. The molecule has 0 saturated carbocycles. The smallest absolute Gasteiger partial charge is 0.335 e. The van der Waals surface area contributed by atoms with Gasteiger partial charge in [0.05, 0.1) is 11.8 Å². The van der Waals surface area contributed by atoms with Gasteiger partial charge in [-0.25, -0.2) is 4.79 Å². The van der Waals surface area contributed by atoms with E-state index in [0.29, 0.717) is 5.56 Å². The molecule has 2 aromatic rings. The second kappa shape index (κ2) is 8.32. The van der Waals surface area contributed by atoms with E-state index in [9.17, 15) is 9.59 Å². The van der Waals surface area contributed by atoms with Crippen LogP contribution in [0.5, 0.6) is 0 Å². The van der Waals surface area contributed by atoms with Crippen LogP contribution in [0.2, 0.25) is 0 Å². The van der Waals surface area contributed by atoms with Crippen LogP contribution in [-0.4, -0.2) is 17.0 Å². The third kappa shape index (κ3) is 5.74. The SMILES string of the molecule is C=COC(C)=O.O=C(O)c1ccc(-c2ccccc2)cc1. The molecule has 2 rings (SSSR count). The lowest BCUT2D eigenvalue weighted by Crippen LogP contribution is -1.94. The monoisotopic (exact) mass is 284 g/mol. The highest BCUT2D eigenvalue weighted by molar-refractivity contribution is 5.88. The summed E-state index contributed by atoms with van der Waals surface area (Å²) in [6, 6.07) is 16.7. The number of carboxylic acid groups (broad SMARTS) is 1. The van der Waals surface area contributed by atoms with E-state index in [2.05, 4.69) is 11.3 Å². The fraction of sp³-hybridized carbons (Fsp3) is 0.0588. The van der Waals surface area contributed by atoms with Gasteiger partial charge in [-0.1, -0.05) is 49.0 Å². The Balaban J connectivity index is 0.000000315. The number of hydrogen-bond donors (Lipinski definition) is 1. The predicted octanol–water partition coefficient (Wildman–Crippen LogP) is 3.74. The van der Waals surface area contributed by atoms with Crippen molar-refractivity contribution in [3.8, 4) is 11.1 Å². The number of aromatic carboxylic acids is 1.